The molecule has 1 heterocycles. The molecule has 1 aromatic carbocycles. The van der Waals surface area contributed by atoms with Gasteiger partial charge in [0.1, 0.15) is 12.2 Å². The number of aromatic amines is 1. The molecule has 21 heavy (non-hydrogen) atoms. The molecule has 0 saturated carbocycles. The van der Waals surface area contributed by atoms with E-state index in [2.05, 4.69) is 9.72 Å². The number of carbonyl (C=O) groups excluding carboxylic acids is 2. The molecular weight excluding hydrogens is 289 g/mol. The number of hydrogen-bond donors (Lipinski definition) is 2. The number of esters is 1. The Bertz CT molecular complexity index is 631. The van der Waals surface area contributed by atoms with Crippen LogP contribution in [0, 0.1) is 0 Å². The zero-order valence-corrected chi connectivity index (χ0v) is 10.7. The van der Waals surface area contributed by atoms with E-state index in [0.29, 0.717) is 5.52 Å². The average molecular weight is 300 g/mol. The standard InChI is InChI=1S/C13H11F3N2O3/c14-13(15,16)7-17-11(19)6-21-12(20)10-5-8-3-1-2-4-9(8)18-10/h1-5,18H,6-7H2,(H,17,19). The molecule has 0 spiro atoms. The molecule has 0 aliphatic rings. The minimum atomic E-state index is -4.50. The first-order valence-electron chi connectivity index (χ1n) is 5.93. The molecule has 1 amide bonds. The quantitative estimate of drug-likeness (QED) is 0.848. The Morgan fingerprint density at radius 1 is 1.24 bits per heavy atom. The number of fused-ring (bicyclic) bond motifs is 1. The van der Waals surface area contributed by atoms with Crippen molar-refractivity contribution in [3.8, 4) is 0 Å². The molecule has 0 aliphatic heterocycles. The topological polar surface area (TPSA) is 71.2 Å². The highest BCUT2D eigenvalue weighted by molar-refractivity contribution is 5.95. The van der Waals surface area contributed by atoms with Crippen molar-refractivity contribution in [2.45, 2.75) is 6.18 Å². The van der Waals surface area contributed by atoms with Crippen LogP contribution in [0.4, 0.5) is 13.2 Å². The van der Waals surface area contributed by atoms with Crippen molar-refractivity contribution in [3.63, 3.8) is 0 Å². The zero-order chi connectivity index (χ0) is 15.5. The monoisotopic (exact) mass is 300 g/mol. The highest BCUT2D eigenvalue weighted by Crippen LogP contribution is 2.15. The molecule has 0 radical (unpaired) electrons. The first-order valence-corrected chi connectivity index (χ1v) is 5.93. The first kappa shape index (κ1) is 14.9. The van der Waals surface area contributed by atoms with E-state index in [1.807, 2.05) is 0 Å². The Morgan fingerprint density at radius 2 is 1.95 bits per heavy atom. The third-order valence-corrected chi connectivity index (χ3v) is 2.57. The van der Waals surface area contributed by atoms with Gasteiger partial charge in [0, 0.05) is 10.9 Å². The van der Waals surface area contributed by atoms with E-state index in [-0.39, 0.29) is 5.69 Å². The van der Waals surface area contributed by atoms with E-state index in [0.717, 1.165) is 5.39 Å². The number of halogens is 3. The van der Waals surface area contributed by atoms with E-state index in [9.17, 15) is 22.8 Å². The lowest BCUT2D eigenvalue weighted by Gasteiger charge is -2.08. The fourth-order valence-corrected chi connectivity index (χ4v) is 1.64. The van der Waals surface area contributed by atoms with Crippen molar-refractivity contribution in [2.24, 2.45) is 0 Å². The van der Waals surface area contributed by atoms with Gasteiger partial charge in [0.25, 0.3) is 5.91 Å². The number of hydrogen-bond acceptors (Lipinski definition) is 3. The van der Waals surface area contributed by atoms with Gasteiger partial charge in [0.05, 0.1) is 0 Å². The molecule has 0 bridgehead atoms. The number of alkyl halides is 3. The van der Waals surface area contributed by atoms with Gasteiger partial charge in [-0.1, -0.05) is 18.2 Å². The van der Waals surface area contributed by atoms with E-state index in [4.69, 9.17) is 0 Å². The van der Waals surface area contributed by atoms with Crippen LogP contribution in [0.3, 0.4) is 0 Å². The molecule has 2 aromatic rings. The maximum Gasteiger partial charge on any atom is 0.405 e. The number of amides is 1. The Labute approximate surface area is 117 Å². The van der Waals surface area contributed by atoms with Gasteiger partial charge in [-0.3, -0.25) is 4.79 Å². The van der Waals surface area contributed by atoms with E-state index < -0.39 is 31.2 Å². The summed E-state index contributed by atoms with van der Waals surface area (Å²) in [6.07, 6.45) is -4.50. The molecule has 5 nitrogen and oxygen atoms in total. The number of benzene rings is 1. The van der Waals surface area contributed by atoms with Crippen LogP contribution in [0.1, 0.15) is 10.5 Å². The molecule has 0 fully saturated rings. The number of aromatic nitrogens is 1. The molecule has 2 N–H and O–H groups in total. The Kier molecular flexibility index (Phi) is 4.15. The molecule has 2 rings (SSSR count). The maximum atomic E-state index is 11.9. The van der Waals surface area contributed by atoms with Gasteiger partial charge in [0.2, 0.25) is 0 Å². The minimum Gasteiger partial charge on any atom is -0.451 e. The molecule has 1 aromatic heterocycles. The summed E-state index contributed by atoms with van der Waals surface area (Å²) in [5.74, 6) is -1.83. The second-order valence-electron chi connectivity index (χ2n) is 4.24. The number of H-pyrrole nitrogens is 1. The van der Waals surface area contributed by atoms with Crippen LogP contribution in [-0.2, 0) is 9.53 Å². The Hall–Kier alpha value is -2.51. The van der Waals surface area contributed by atoms with Gasteiger partial charge in [-0.15, -0.1) is 0 Å². The van der Waals surface area contributed by atoms with Gasteiger partial charge in [-0.2, -0.15) is 13.2 Å². The molecule has 0 unspecified atom stereocenters. The summed E-state index contributed by atoms with van der Waals surface area (Å²) in [4.78, 5) is 25.6. The Balaban J connectivity index is 1.88. The van der Waals surface area contributed by atoms with Crippen LogP contribution in [0.25, 0.3) is 10.9 Å². The highest BCUT2D eigenvalue weighted by atomic mass is 19.4. The predicted octanol–water partition coefficient (Wildman–Crippen LogP) is 2.00. The largest absolute Gasteiger partial charge is 0.451 e. The smallest absolute Gasteiger partial charge is 0.405 e. The summed E-state index contributed by atoms with van der Waals surface area (Å²) >= 11 is 0. The second-order valence-corrected chi connectivity index (χ2v) is 4.24. The fourth-order valence-electron chi connectivity index (χ4n) is 1.64. The van der Waals surface area contributed by atoms with Crippen molar-refractivity contribution >= 4 is 22.8 Å². The lowest BCUT2D eigenvalue weighted by Crippen LogP contribution is -2.36. The summed E-state index contributed by atoms with van der Waals surface area (Å²) in [5.41, 5.74) is 0.839. The SMILES string of the molecule is O=C(COC(=O)c1cc2ccccc2[nH]1)NCC(F)(F)F. The molecular formula is C13H11F3N2O3. The lowest BCUT2D eigenvalue weighted by molar-refractivity contribution is -0.140. The summed E-state index contributed by atoms with van der Waals surface area (Å²) in [7, 11) is 0. The molecule has 0 saturated heterocycles. The second kappa shape index (κ2) is 5.86. The van der Waals surface area contributed by atoms with Crippen molar-refractivity contribution in [1.82, 2.24) is 10.3 Å². The molecule has 0 aliphatic carbocycles. The number of carbonyl (C=O) groups is 2. The van der Waals surface area contributed by atoms with Crippen molar-refractivity contribution in [1.29, 1.82) is 0 Å². The third-order valence-electron chi connectivity index (χ3n) is 2.57. The fraction of sp³-hybridized carbons (Fsp3) is 0.231. The van der Waals surface area contributed by atoms with Crippen molar-refractivity contribution < 1.29 is 27.5 Å². The van der Waals surface area contributed by atoms with E-state index in [1.165, 1.54) is 6.07 Å². The summed E-state index contributed by atoms with van der Waals surface area (Å²) in [5, 5.41) is 2.39. The number of ether oxygens (including phenoxy) is 1. The zero-order valence-electron chi connectivity index (χ0n) is 10.7. The van der Waals surface area contributed by atoms with Gasteiger partial charge in [0.15, 0.2) is 6.61 Å². The Morgan fingerprint density at radius 3 is 2.62 bits per heavy atom. The summed E-state index contributed by atoms with van der Waals surface area (Å²) in [6.45, 7) is -2.24. The molecule has 8 heteroatoms. The lowest BCUT2D eigenvalue weighted by atomic mass is 10.2. The van der Waals surface area contributed by atoms with Crippen LogP contribution in [0.5, 0.6) is 0 Å². The number of nitrogens with one attached hydrogen (secondary N) is 2. The van der Waals surface area contributed by atoms with Crippen LogP contribution in [-0.4, -0.2) is 36.2 Å². The number of para-hydroxylation sites is 1. The van der Waals surface area contributed by atoms with Gasteiger partial charge >= 0.3 is 12.1 Å². The number of rotatable bonds is 4. The first-order chi connectivity index (χ1) is 9.85. The summed E-state index contributed by atoms with van der Waals surface area (Å²) in [6, 6.07) is 8.63. The van der Waals surface area contributed by atoms with Crippen LogP contribution in [0.2, 0.25) is 0 Å². The van der Waals surface area contributed by atoms with Crippen LogP contribution >= 0.6 is 0 Å². The highest BCUT2D eigenvalue weighted by Gasteiger charge is 2.27. The third kappa shape index (κ3) is 4.23. The van der Waals surface area contributed by atoms with Gasteiger partial charge < -0.3 is 15.0 Å². The van der Waals surface area contributed by atoms with E-state index >= 15 is 0 Å². The minimum absolute atomic E-state index is 0.125. The normalized spacial score (nSPS) is 11.4. The van der Waals surface area contributed by atoms with E-state index in [1.54, 1.807) is 29.6 Å². The van der Waals surface area contributed by atoms with Gasteiger partial charge in [-0.05, 0) is 12.1 Å². The molecule has 0 atom stereocenters. The molecule has 112 valence electrons. The van der Waals surface area contributed by atoms with Crippen molar-refractivity contribution in [3.05, 3.63) is 36.0 Å². The van der Waals surface area contributed by atoms with Crippen molar-refractivity contribution in [2.75, 3.05) is 13.2 Å². The predicted molar refractivity (Wildman–Crippen MR) is 67.6 cm³/mol. The van der Waals surface area contributed by atoms with Crippen LogP contribution in [0.15, 0.2) is 30.3 Å². The summed E-state index contributed by atoms with van der Waals surface area (Å²) < 4.78 is 40.2. The average Bonchev–Trinajstić information content (AvgIpc) is 2.85. The van der Waals surface area contributed by atoms with Gasteiger partial charge in [-0.25, -0.2) is 4.79 Å². The van der Waals surface area contributed by atoms with Crippen LogP contribution < -0.4 is 5.32 Å². The maximum absolute atomic E-state index is 11.9.